The van der Waals surface area contributed by atoms with Crippen molar-refractivity contribution in [2.24, 2.45) is 0 Å². The van der Waals surface area contributed by atoms with Crippen molar-refractivity contribution in [3.63, 3.8) is 0 Å². The Morgan fingerprint density at radius 3 is 2.58 bits per heavy atom. The molecule has 0 unspecified atom stereocenters. The van der Waals surface area contributed by atoms with Crippen LogP contribution in [0.1, 0.15) is 24.1 Å². The molecule has 0 bridgehead atoms. The summed E-state index contributed by atoms with van der Waals surface area (Å²) in [5, 5.41) is 6.91. The number of pyridine rings is 1. The molecular formula is C24H26N6O. The minimum atomic E-state index is -0.0657. The summed E-state index contributed by atoms with van der Waals surface area (Å²) >= 11 is 0. The zero-order valence-corrected chi connectivity index (χ0v) is 17.5. The van der Waals surface area contributed by atoms with Crippen LogP contribution in [0.3, 0.4) is 0 Å². The van der Waals surface area contributed by atoms with Gasteiger partial charge in [0.2, 0.25) is 5.95 Å². The van der Waals surface area contributed by atoms with Gasteiger partial charge in [-0.15, -0.1) is 0 Å². The lowest BCUT2D eigenvalue weighted by atomic mass is 9.74. The minimum Gasteiger partial charge on any atom is -0.378 e. The smallest absolute Gasteiger partial charge is 0.227 e. The molecule has 6 rings (SSSR count). The van der Waals surface area contributed by atoms with E-state index < -0.39 is 0 Å². The van der Waals surface area contributed by atoms with Gasteiger partial charge in [-0.2, -0.15) is 0 Å². The van der Waals surface area contributed by atoms with Crippen molar-refractivity contribution in [3.05, 3.63) is 60.2 Å². The van der Waals surface area contributed by atoms with Crippen molar-refractivity contribution >= 4 is 17.3 Å². The summed E-state index contributed by atoms with van der Waals surface area (Å²) in [5.41, 5.74) is 6.96. The van der Waals surface area contributed by atoms with Crippen LogP contribution in [0.25, 0.3) is 11.1 Å². The number of anilines is 3. The summed E-state index contributed by atoms with van der Waals surface area (Å²) in [4.78, 5) is 16.5. The second-order valence-electron chi connectivity index (χ2n) is 8.48. The SMILES string of the molecule is c1cc2c(cn1)C1(CCNCC1)c1nc(Nc3ccc(N4CCOCC4)cc3)ncc1-2. The van der Waals surface area contributed by atoms with E-state index in [1.165, 1.54) is 16.8 Å². The molecule has 1 aliphatic carbocycles. The van der Waals surface area contributed by atoms with Gasteiger partial charge in [0.25, 0.3) is 0 Å². The van der Waals surface area contributed by atoms with Crippen LogP contribution in [-0.4, -0.2) is 54.3 Å². The number of ether oxygens (including phenoxy) is 1. The number of morpholine rings is 1. The maximum Gasteiger partial charge on any atom is 0.227 e. The first-order valence-corrected chi connectivity index (χ1v) is 11.1. The second-order valence-corrected chi connectivity index (χ2v) is 8.48. The highest BCUT2D eigenvalue weighted by atomic mass is 16.5. The first kappa shape index (κ1) is 18.7. The molecule has 2 fully saturated rings. The number of benzene rings is 1. The molecule has 1 aromatic carbocycles. The van der Waals surface area contributed by atoms with Crippen LogP contribution in [0, 0.1) is 0 Å². The van der Waals surface area contributed by atoms with E-state index in [1.54, 1.807) is 0 Å². The van der Waals surface area contributed by atoms with Crippen molar-refractivity contribution in [3.8, 4) is 11.1 Å². The Hall–Kier alpha value is -3.03. The molecule has 0 atom stereocenters. The average Bonchev–Trinajstić information content (AvgIpc) is 3.10. The van der Waals surface area contributed by atoms with Gasteiger partial charge in [0.15, 0.2) is 0 Å². The van der Waals surface area contributed by atoms with Crippen LogP contribution in [0.4, 0.5) is 17.3 Å². The number of nitrogens with zero attached hydrogens (tertiary/aromatic N) is 4. The maximum atomic E-state index is 5.45. The van der Waals surface area contributed by atoms with Crippen molar-refractivity contribution in [2.45, 2.75) is 18.3 Å². The van der Waals surface area contributed by atoms with Crippen molar-refractivity contribution in [2.75, 3.05) is 49.6 Å². The number of piperidine rings is 1. The summed E-state index contributed by atoms with van der Waals surface area (Å²) in [6, 6.07) is 10.6. The molecule has 2 N–H and O–H groups in total. The van der Waals surface area contributed by atoms with Crippen LogP contribution in [0.2, 0.25) is 0 Å². The number of hydrogen-bond donors (Lipinski definition) is 2. The van der Waals surface area contributed by atoms with Crippen LogP contribution >= 0.6 is 0 Å². The van der Waals surface area contributed by atoms with Crippen molar-refractivity contribution < 1.29 is 4.74 Å². The van der Waals surface area contributed by atoms with Gasteiger partial charge in [-0.25, -0.2) is 9.97 Å². The molecule has 31 heavy (non-hydrogen) atoms. The van der Waals surface area contributed by atoms with Crippen LogP contribution in [0.5, 0.6) is 0 Å². The summed E-state index contributed by atoms with van der Waals surface area (Å²) < 4.78 is 5.45. The lowest BCUT2D eigenvalue weighted by molar-refractivity contribution is 0.122. The molecule has 4 heterocycles. The third kappa shape index (κ3) is 3.16. The molecule has 0 saturated carbocycles. The van der Waals surface area contributed by atoms with Crippen LogP contribution < -0.4 is 15.5 Å². The third-order valence-electron chi connectivity index (χ3n) is 6.83. The molecule has 2 saturated heterocycles. The highest BCUT2D eigenvalue weighted by Crippen LogP contribution is 2.52. The van der Waals surface area contributed by atoms with Gasteiger partial charge < -0.3 is 20.3 Å². The molecule has 2 aromatic heterocycles. The second kappa shape index (κ2) is 7.59. The molecule has 2 aliphatic heterocycles. The Morgan fingerprint density at radius 1 is 0.968 bits per heavy atom. The quantitative estimate of drug-likeness (QED) is 0.682. The molecule has 7 nitrogen and oxygen atoms in total. The molecule has 0 amide bonds. The van der Waals surface area contributed by atoms with E-state index in [0.717, 1.165) is 69.2 Å². The first-order valence-electron chi connectivity index (χ1n) is 11.1. The van der Waals surface area contributed by atoms with E-state index in [2.05, 4.69) is 55.8 Å². The van der Waals surface area contributed by atoms with Gasteiger partial charge >= 0.3 is 0 Å². The topological polar surface area (TPSA) is 75.2 Å². The summed E-state index contributed by atoms with van der Waals surface area (Å²) in [5.74, 6) is 0.650. The molecule has 3 aliphatic rings. The molecule has 3 aromatic rings. The highest BCUT2D eigenvalue weighted by Gasteiger charge is 2.45. The molecule has 0 radical (unpaired) electrons. The van der Waals surface area contributed by atoms with E-state index in [1.807, 2.05) is 18.6 Å². The predicted molar refractivity (Wildman–Crippen MR) is 121 cm³/mol. The predicted octanol–water partition coefficient (Wildman–Crippen LogP) is 3.10. The fourth-order valence-corrected chi connectivity index (χ4v) is 5.21. The Balaban J connectivity index is 1.30. The highest BCUT2D eigenvalue weighted by molar-refractivity contribution is 5.79. The zero-order chi connectivity index (χ0) is 20.7. The van der Waals surface area contributed by atoms with Gasteiger partial charge in [0.1, 0.15) is 0 Å². The number of hydrogen-bond acceptors (Lipinski definition) is 7. The Kier molecular flexibility index (Phi) is 4.58. The third-order valence-corrected chi connectivity index (χ3v) is 6.83. The fraction of sp³-hybridized carbons (Fsp3) is 0.375. The normalized spacial score (nSPS) is 19.2. The lowest BCUT2D eigenvalue weighted by Gasteiger charge is -2.35. The van der Waals surface area contributed by atoms with E-state index in [-0.39, 0.29) is 5.41 Å². The van der Waals surface area contributed by atoms with E-state index in [0.29, 0.717) is 5.95 Å². The standard InChI is InChI=1S/C24H26N6O/c1-3-18(30-11-13-31-14-12-30)4-2-17(1)28-23-27-15-20-19-5-8-26-16-21(19)24(22(20)29-23)6-9-25-10-7-24/h1-5,8,15-16,25H,6-7,9-14H2,(H,27,28,29). The largest absolute Gasteiger partial charge is 0.378 e. The first-order chi connectivity index (χ1) is 15.3. The lowest BCUT2D eigenvalue weighted by Crippen LogP contribution is -2.40. The van der Waals surface area contributed by atoms with Gasteiger partial charge in [0, 0.05) is 54.0 Å². The molecule has 1 spiro atoms. The fourth-order valence-electron chi connectivity index (χ4n) is 5.21. The van der Waals surface area contributed by atoms with E-state index >= 15 is 0 Å². The van der Waals surface area contributed by atoms with Crippen LogP contribution in [-0.2, 0) is 10.2 Å². The number of fused-ring (bicyclic) bond motifs is 5. The van der Waals surface area contributed by atoms with Crippen molar-refractivity contribution in [1.29, 1.82) is 0 Å². The number of aromatic nitrogens is 3. The van der Waals surface area contributed by atoms with Gasteiger partial charge in [-0.3, -0.25) is 4.98 Å². The molecule has 7 heteroatoms. The average molecular weight is 415 g/mol. The van der Waals surface area contributed by atoms with Crippen molar-refractivity contribution in [1.82, 2.24) is 20.3 Å². The van der Waals surface area contributed by atoms with Crippen LogP contribution in [0.15, 0.2) is 48.9 Å². The summed E-state index contributed by atoms with van der Waals surface area (Å²) in [7, 11) is 0. The maximum absolute atomic E-state index is 5.45. The summed E-state index contributed by atoms with van der Waals surface area (Å²) in [6.07, 6.45) is 7.93. The molecule has 158 valence electrons. The number of rotatable bonds is 3. The van der Waals surface area contributed by atoms with Gasteiger partial charge in [0.05, 0.1) is 18.9 Å². The monoisotopic (exact) mass is 414 g/mol. The summed E-state index contributed by atoms with van der Waals surface area (Å²) in [6.45, 7) is 5.43. The minimum absolute atomic E-state index is 0.0657. The van der Waals surface area contributed by atoms with Gasteiger partial charge in [-0.1, -0.05) is 0 Å². The Bertz CT molecular complexity index is 1090. The van der Waals surface area contributed by atoms with E-state index in [9.17, 15) is 0 Å². The number of nitrogens with one attached hydrogen (secondary N) is 2. The van der Waals surface area contributed by atoms with E-state index in [4.69, 9.17) is 9.72 Å². The Labute approximate surface area is 181 Å². The van der Waals surface area contributed by atoms with Gasteiger partial charge in [-0.05, 0) is 67.4 Å². The Morgan fingerprint density at radius 2 is 1.77 bits per heavy atom. The zero-order valence-electron chi connectivity index (χ0n) is 17.5. The molecular weight excluding hydrogens is 388 g/mol.